The van der Waals surface area contributed by atoms with Crippen LogP contribution in [0.5, 0.6) is 0 Å². The van der Waals surface area contributed by atoms with Gasteiger partial charge in [0.25, 0.3) is 0 Å². The molecule has 9 heteroatoms. The zero-order chi connectivity index (χ0) is 17.3. The lowest BCUT2D eigenvalue weighted by Gasteiger charge is -2.23. The van der Waals surface area contributed by atoms with Crippen LogP contribution in [-0.4, -0.2) is 41.4 Å². The molecule has 2 heterocycles. The quantitative estimate of drug-likeness (QED) is 0.893. The van der Waals surface area contributed by atoms with E-state index in [4.69, 9.17) is 0 Å². The molecule has 1 fully saturated rings. The van der Waals surface area contributed by atoms with E-state index in [9.17, 15) is 13.2 Å². The van der Waals surface area contributed by atoms with Gasteiger partial charge in [-0.25, -0.2) is 8.42 Å². The number of nitrogens with one attached hydrogen (secondary N) is 1. The maximum atomic E-state index is 12.8. The van der Waals surface area contributed by atoms with Crippen molar-refractivity contribution >= 4 is 32.4 Å². The van der Waals surface area contributed by atoms with Crippen molar-refractivity contribution in [1.29, 1.82) is 0 Å². The predicted octanol–water partition coefficient (Wildman–Crippen LogP) is 1.95. The van der Waals surface area contributed by atoms with Crippen LogP contribution < -0.4 is 5.32 Å². The van der Waals surface area contributed by atoms with Crippen LogP contribution in [0.2, 0.25) is 0 Å². The molecule has 1 aromatic heterocycles. The van der Waals surface area contributed by atoms with E-state index in [0.717, 1.165) is 10.6 Å². The highest BCUT2D eigenvalue weighted by Gasteiger charge is 2.39. The molecule has 0 aliphatic carbocycles. The number of aromatic nitrogens is 2. The summed E-state index contributed by atoms with van der Waals surface area (Å²) >= 11 is 1.26. The first-order valence-electron chi connectivity index (χ1n) is 7.57. The minimum Gasteiger partial charge on any atom is -0.299 e. The smallest absolute Gasteiger partial charge is 0.244 e. The molecule has 3 rings (SSSR count). The van der Waals surface area contributed by atoms with Gasteiger partial charge in [-0.05, 0) is 38.8 Å². The maximum Gasteiger partial charge on any atom is 0.244 e. The highest BCUT2D eigenvalue weighted by atomic mass is 32.2. The van der Waals surface area contributed by atoms with Gasteiger partial charge in [-0.2, -0.15) is 4.31 Å². The fraction of sp³-hybridized carbons (Fsp3) is 0.400. The van der Waals surface area contributed by atoms with E-state index in [1.807, 2.05) is 6.92 Å². The Hall–Kier alpha value is -1.84. The number of amides is 1. The lowest BCUT2D eigenvalue weighted by Crippen LogP contribution is -2.43. The van der Waals surface area contributed by atoms with Crippen LogP contribution >= 0.6 is 11.3 Å². The molecule has 1 amide bonds. The second kappa shape index (κ2) is 6.58. The van der Waals surface area contributed by atoms with E-state index in [0.29, 0.717) is 24.5 Å². The Morgan fingerprint density at radius 2 is 1.96 bits per heavy atom. The number of rotatable bonds is 4. The number of benzene rings is 1. The molecule has 0 spiro atoms. The third-order valence-corrected chi connectivity index (χ3v) is 6.57. The molecule has 7 nitrogen and oxygen atoms in total. The van der Waals surface area contributed by atoms with Crippen LogP contribution in [0.3, 0.4) is 0 Å². The van der Waals surface area contributed by atoms with Crippen molar-refractivity contribution in [3.8, 4) is 0 Å². The van der Waals surface area contributed by atoms with Crippen LogP contribution in [-0.2, 0) is 14.8 Å². The molecule has 1 N–H and O–H groups in total. The Labute approximate surface area is 144 Å². The lowest BCUT2D eigenvalue weighted by molar-refractivity contribution is -0.119. The molecule has 24 heavy (non-hydrogen) atoms. The maximum absolute atomic E-state index is 12.8. The molecule has 0 unspecified atom stereocenters. The van der Waals surface area contributed by atoms with Gasteiger partial charge in [0.1, 0.15) is 11.0 Å². The first kappa shape index (κ1) is 17.0. The van der Waals surface area contributed by atoms with Gasteiger partial charge in [-0.15, -0.1) is 10.2 Å². The molecule has 0 radical (unpaired) electrons. The summed E-state index contributed by atoms with van der Waals surface area (Å²) in [5, 5.41) is 11.5. The van der Waals surface area contributed by atoms with Crippen LogP contribution in [0.15, 0.2) is 29.2 Å². The van der Waals surface area contributed by atoms with E-state index in [1.54, 1.807) is 31.2 Å². The lowest BCUT2D eigenvalue weighted by atomic mass is 10.2. The predicted molar refractivity (Wildman–Crippen MR) is 91.4 cm³/mol. The Bertz CT molecular complexity index is 846. The summed E-state index contributed by atoms with van der Waals surface area (Å²) in [6.07, 6.45) is 1.15. The third-order valence-electron chi connectivity index (χ3n) is 3.89. The summed E-state index contributed by atoms with van der Waals surface area (Å²) < 4.78 is 27.0. The monoisotopic (exact) mass is 366 g/mol. The second-order valence-corrected chi connectivity index (χ2v) is 8.77. The van der Waals surface area contributed by atoms with Gasteiger partial charge in [-0.1, -0.05) is 29.0 Å². The molecule has 1 aliphatic heterocycles. The van der Waals surface area contributed by atoms with Gasteiger partial charge in [0.2, 0.25) is 21.1 Å². The van der Waals surface area contributed by atoms with Crippen LogP contribution in [0.25, 0.3) is 0 Å². The zero-order valence-corrected chi connectivity index (χ0v) is 15.0. The molecule has 0 bridgehead atoms. The number of nitrogens with zero attached hydrogens (tertiary/aromatic N) is 3. The number of sulfonamides is 1. The number of hydrogen-bond donors (Lipinski definition) is 1. The van der Waals surface area contributed by atoms with Gasteiger partial charge in [0.15, 0.2) is 0 Å². The normalized spacial score (nSPS) is 18.7. The van der Waals surface area contributed by atoms with Crippen molar-refractivity contribution in [2.75, 3.05) is 11.9 Å². The Morgan fingerprint density at radius 3 is 2.58 bits per heavy atom. The van der Waals surface area contributed by atoms with E-state index in [-0.39, 0.29) is 10.8 Å². The Morgan fingerprint density at radius 1 is 1.25 bits per heavy atom. The van der Waals surface area contributed by atoms with Crippen molar-refractivity contribution in [2.45, 2.75) is 37.6 Å². The minimum atomic E-state index is -3.70. The van der Waals surface area contributed by atoms with Crippen molar-refractivity contribution < 1.29 is 13.2 Å². The van der Waals surface area contributed by atoms with Crippen LogP contribution in [0, 0.1) is 13.8 Å². The summed E-state index contributed by atoms with van der Waals surface area (Å²) in [5.74, 6) is -0.362. The van der Waals surface area contributed by atoms with Gasteiger partial charge in [0.05, 0.1) is 4.90 Å². The molecule has 1 aliphatic rings. The molecular weight excluding hydrogens is 348 g/mol. The molecule has 1 saturated heterocycles. The van der Waals surface area contributed by atoms with Crippen LogP contribution in [0.4, 0.5) is 5.13 Å². The van der Waals surface area contributed by atoms with Gasteiger partial charge >= 0.3 is 0 Å². The molecule has 2 aromatic rings. The zero-order valence-electron chi connectivity index (χ0n) is 13.4. The topological polar surface area (TPSA) is 92.3 Å². The number of carbonyl (C=O) groups excluding carboxylic acids is 1. The number of carbonyl (C=O) groups is 1. The Balaban J connectivity index is 1.81. The molecule has 0 saturated carbocycles. The largest absolute Gasteiger partial charge is 0.299 e. The SMILES string of the molecule is Cc1ccc(S(=O)(=O)N2CCC[C@H]2C(=O)Nc2nnc(C)s2)cc1. The first-order valence-corrected chi connectivity index (χ1v) is 9.83. The summed E-state index contributed by atoms with van der Waals surface area (Å²) in [5.41, 5.74) is 0.983. The van der Waals surface area contributed by atoms with Crippen molar-refractivity contribution in [3.63, 3.8) is 0 Å². The fourth-order valence-electron chi connectivity index (χ4n) is 2.67. The van der Waals surface area contributed by atoms with E-state index >= 15 is 0 Å². The standard InChI is InChI=1S/C15H18N4O3S2/c1-10-5-7-12(8-6-10)24(21,22)19-9-3-4-13(19)14(20)16-15-18-17-11(2)23-15/h5-8,13H,3-4,9H2,1-2H3,(H,16,18,20)/t13-/m0/s1. The van der Waals surface area contributed by atoms with Crippen molar-refractivity contribution in [3.05, 3.63) is 34.8 Å². The number of aryl methyl sites for hydroxylation is 2. The van der Waals surface area contributed by atoms with Gasteiger partial charge in [-0.3, -0.25) is 10.1 Å². The molecule has 128 valence electrons. The second-order valence-electron chi connectivity index (χ2n) is 5.70. The Kier molecular flexibility index (Phi) is 4.66. The van der Waals surface area contributed by atoms with Crippen molar-refractivity contribution in [2.24, 2.45) is 0 Å². The number of anilines is 1. The molecule has 1 atom stereocenters. The third kappa shape index (κ3) is 3.33. The average molecular weight is 366 g/mol. The minimum absolute atomic E-state index is 0.208. The summed E-state index contributed by atoms with van der Waals surface area (Å²) in [6, 6.07) is 5.93. The summed E-state index contributed by atoms with van der Waals surface area (Å²) in [7, 11) is -3.70. The van der Waals surface area contributed by atoms with Crippen LogP contribution in [0.1, 0.15) is 23.4 Å². The summed E-state index contributed by atoms with van der Waals surface area (Å²) in [4.78, 5) is 12.7. The van der Waals surface area contributed by atoms with E-state index in [2.05, 4.69) is 15.5 Å². The van der Waals surface area contributed by atoms with E-state index < -0.39 is 16.1 Å². The average Bonchev–Trinajstić information content (AvgIpc) is 3.17. The first-order chi connectivity index (χ1) is 11.4. The van der Waals surface area contributed by atoms with Crippen molar-refractivity contribution in [1.82, 2.24) is 14.5 Å². The molecular formula is C15H18N4O3S2. The van der Waals surface area contributed by atoms with E-state index in [1.165, 1.54) is 15.6 Å². The fourth-order valence-corrected chi connectivity index (χ4v) is 4.92. The number of hydrogen-bond acceptors (Lipinski definition) is 6. The highest BCUT2D eigenvalue weighted by molar-refractivity contribution is 7.89. The van der Waals surface area contributed by atoms with Gasteiger partial charge in [0, 0.05) is 6.54 Å². The molecule has 1 aromatic carbocycles. The van der Waals surface area contributed by atoms with Gasteiger partial charge < -0.3 is 0 Å². The highest BCUT2D eigenvalue weighted by Crippen LogP contribution is 2.27. The summed E-state index contributed by atoms with van der Waals surface area (Å²) in [6.45, 7) is 4.02.